The Hall–Kier alpha value is -1.75. The van der Waals surface area contributed by atoms with Crippen LogP contribution in [0.2, 0.25) is 10.0 Å². The van der Waals surface area contributed by atoms with E-state index in [0.717, 1.165) is 16.9 Å². The summed E-state index contributed by atoms with van der Waals surface area (Å²) in [5.41, 5.74) is 1.97. The summed E-state index contributed by atoms with van der Waals surface area (Å²) in [6.45, 7) is 3.97. The van der Waals surface area contributed by atoms with Gasteiger partial charge in [0.05, 0.1) is 13.2 Å². The Kier molecular flexibility index (Phi) is 7.56. The van der Waals surface area contributed by atoms with Crippen LogP contribution >= 0.6 is 23.2 Å². The highest BCUT2D eigenvalue weighted by atomic mass is 35.5. The van der Waals surface area contributed by atoms with Crippen molar-refractivity contribution in [1.29, 1.82) is 0 Å². The summed E-state index contributed by atoms with van der Waals surface area (Å²) in [6, 6.07) is 13.1. The maximum atomic E-state index is 12.1. The minimum atomic E-state index is -0.0561. The van der Waals surface area contributed by atoms with E-state index in [0.29, 0.717) is 36.3 Å². The summed E-state index contributed by atoms with van der Waals surface area (Å²) >= 11 is 12.0. The van der Waals surface area contributed by atoms with Crippen LogP contribution in [0.25, 0.3) is 0 Å². The third-order valence-electron chi connectivity index (χ3n) is 3.59. The van der Waals surface area contributed by atoms with Crippen molar-refractivity contribution in [3.8, 4) is 5.75 Å². The van der Waals surface area contributed by atoms with Crippen molar-refractivity contribution in [3.63, 3.8) is 0 Å². The van der Waals surface area contributed by atoms with Crippen LogP contribution in [-0.2, 0) is 17.9 Å². The lowest BCUT2D eigenvalue weighted by Crippen LogP contribution is -2.34. The lowest BCUT2D eigenvalue weighted by molar-refractivity contribution is -0.122. The van der Waals surface area contributed by atoms with Gasteiger partial charge < -0.3 is 10.1 Å². The largest absolute Gasteiger partial charge is 0.494 e. The number of hydrogen-bond donors (Lipinski definition) is 1. The molecule has 0 bridgehead atoms. The van der Waals surface area contributed by atoms with Crippen molar-refractivity contribution < 1.29 is 9.53 Å². The molecular weight excluding hydrogens is 359 g/mol. The van der Waals surface area contributed by atoms with E-state index >= 15 is 0 Å². The number of nitrogens with zero attached hydrogens (tertiary/aromatic N) is 1. The summed E-state index contributed by atoms with van der Waals surface area (Å²) in [7, 11) is 1.91. The van der Waals surface area contributed by atoms with Crippen molar-refractivity contribution in [3.05, 3.63) is 63.6 Å². The molecule has 4 nitrogen and oxygen atoms in total. The Balaban J connectivity index is 1.79. The second-order valence-corrected chi connectivity index (χ2v) is 6.61. The summed E-state index contributed by atoms with van der Waals surface area (Å²) in [4.78, 5) is 14.0. The van der Waals surface area contributed by atoms with Gasteiger partial charge in [-0.15, -0.1) is 0 Å². The van der Waals surface area contributed by atoms with E-state index in [1.165, 1.54) is 0 Å². The second kappa shape index (κ2) is 9.66. The molecule has 6 heteroatoms. The molecule has 0 atom stereocenters. The topological polar surface area (TPSA) is 41.6 Å². The zero-order chi connectivity index (χ0) is 18.2. The molecule has 25 heavy (non-hydrogen) atoms. The zero-order valence-corrected chi connectivity index (χ0v) is 15.9. The summed E-state index contributed by atoms with van der Waals surface area (Å²) in [5, 5.41) is 4.00. The highest BCUT2D eigenvalue weighted by Crippen LogP contribution is 2.20. The lowest BCUT2D eigenvalue weighted by atomic mass is 10.2. The minimum Gasteiger partial charge on any atom is -0.494 e. The maximum Gasteiger partial charge on any atom is 0.234 e. The Labute approximate surface area is 158 Å². The molecule has 2 rings (SSSR count). The lowest BCUT2D eigenvalue weighted by Gasteiger charge is -2.17. The molecular formula is C19H22Cl2N2O2. The first-order valence-corrected chi connectivity index (χ1v) is 8.84. The minimum absolute atomic E-state index is 0.0561. The van der Waals surface area contributed by atoms with Crippen LogP contribution in [-0.4, -0.2) is 31.0 Å². The average Bonchev–Trinajstić information content (AvgIpc) is 2.56. The van der Waals surface area contributed by atoms with Gasteiger partial charge in [-0.25, -0.2) is 0 Å². The fourth-order valence-electron chi connectivity index (χ4n) is 2.39. The average molecular weight is 381 g/mol. The Morgan fingerprint density at radius 1 is 1.16 bits per heavy atom. The highest BCUT2D eigenvalue weighted by Gasteiger charge is 2.08. The number of carbonyl (C=O) groups is 1. The van der Waals surface area contributed by atoms with E-state index in [1.54, 1.807) is 12.1 Å². The number of benzene rings is 2. The number of nitrogens with one attached hydrogen (secondary N) is 1. The Morgan fingerprint density at radius 3 is 2.52 bits per heavy atom. The number of halogens is 2. The first-order valence-electron chi connectivity index (χ1n) is 8.09. The molecule has 0 spiro atoms. The quantitative estimate of drug-likeness (QED) is 0.747. The molecule has 1 amide bonds. The fraction of sp³-hybridized carbons (Fsp3) is 0.316. The predicted molar refractivity (Wildman–Crippen MR) is 102 cm³/mol. The molecule has 2 aromatic carbocycles. The van der Waals surface area contributed by atoms with Gasteiger partial charge in [0.2, 0.25) is 5.91 Å². The van der Waals surface area contributed by atoms with Gasteiger partial charge in [-0.1, -0.05) is 41.4 Å². The standard InChI is InChI=1S/C19H22Cl2N2O2/c1-3-25-17-8-4-14(5-9-17)12-23(2)13-19(24)22-11-15-6-7-16(20)10-18(15)21/h4-10H,3,11-13H2,1-2H3,(H,22,24). The molecule has 0 aliphatic heterocycles. The Morgan fingerprint density at radius 2 is 1.88 bits per heavy atom. The monoisotopic (exact) mass is 380 g/mol. The number of likely N-dealkylation sites (N-methyl/N-ethyl adjacent to an activating group) is 1. The van der Waals surface area contributed by atoms with Gasteiger partial charge in [0, 0.05) is 23.1 Å². The van der Waals surface area contributed by atoms with Crippen LogP contribution in [0.1, 0.15) is 18.1 Å². The van der Waals surface area contributed by atoms with E-state index in [9.17, 15) is 4.79 Å². The SMILES string of the molecule is CCOc1ccc(CN(C)CC(=O)NCc2ccc(Cl)cc2Cl)cc1. The fourth-order valence-corrected chi connectivity index (χ4v) is 2.86. The molecule has 2 aromatic rings. The molecule has 0 aromatic heterocycles. The van der Waals surface area contributed by atoms with Crippen LogP contribution in [0.15, 0.2) is 42.5 Å². The summed E-state index contributed by atoms with van der Waals surface area (Å²) < 4.78 is 5.42. The first-order chi connectivity index (χ1) is 12.0. The van der Waals surface area contributed by atoms with Gasteiger partial charge in [-0.2, -0.15) is 0 Å². The van der Waals surface area contributed by atoms with Crippen molar-refractivity contribution in [1.82, 2.24) is 10.2 Å². The van der Waals surface area contributed by atoms with Crippen LogP contribution in [0, 0.1) is 0 Å². The van der Waals surface area contributed by atoms with E-state index in [1.807, 2.05) is 49.2 Å². The van der Waals surface area contributed by atoms with E-state index in [-0.39, 0.29) is 5.91 Å². The number of hydrogen-bond acceptors (Lipinski definition) is 3. The van der Waals surface area contributed by atoms with Gasteiger partial charge in [0.1, 0.15) is 5.75 Å². The van der Waals surface area contributed by atoms with Crippen molar-refractivity contribution >= 4 is 29.1 Å². The van der Waals surface area contributed by atoms with Gasteiger partial charge in [-0.05, 0) is 49.4 Å². The molecule has 0 heterocycles. The van der Waals surface area contributed by atoms with Crippen molar-refractivity contribution in [2.75, 3.05) is 20.2 Å². The summed E-state index contributed by atoms with van der Waals surface area (Å²) in [6.07, 6.45) is 0. The van der Waals surface area contributed by atoms with Crippen LogP contribution in [0.5, 0.6) is 5.75 Å². The third-order valence-corrected chi connectivity index (χ3v) is 4.18. The van der Waals surface area contributed by atoms with E-state index < -0.39 is 0 Å². The molecule has 0 radical (unpaired) electrons. The van der Waals surface area contributed by atoms with Crippen LogP contribution < -0.4 is 10.1 Å². The van der Waals surface area contributed by atoms with Gasteiger partial charge in [-0.3, -0.25) is 9.69 Å². The maximum absolute atomic E-state index is 12.1. The number of amides is 1. The molecule has 0 fully saturated rings. The predicted octanol–water partition coefficient (Wildman–Crippen LogP) is 4.14. The zero-order valence-electron chi connectivity index (χ0n) is 14.4. The molecule has 1 N–H and O–H groups in total. The summed E-state index contributed by atoms with van der Waals surface area (Å²) in [5.74, 6) is 0.797. The first kappa shape index (κ1) is 19.6. The van der Waals surface area contributed by atoms with Crippen molar-refractivity contribution in [2.24, 2.45) is 0 Å². The van der Waals surface area contributed by atoms with E-state index in [2.05, 4.69) is 5.32 Å². The third kappa shape index (κ3) is 6.58. The van der Waals surface area contributed by atoms with E-state index in [4.69, 9.17) is 27.9 Å². The molecule has 0 saturated carbocycles. The Bertz CT molecular complexity index is 705. The number of carbonyl (C=O) groups excluding carboxylic acids is 1. The van der Waals surface area contributed by atoms with Gasteiger partial charge >= 0.3 is 0 Å². The second-order valence-electron chi connectivity index (χ2n) is 5.76. The van der Waals surface area contributed by atoms with Gasteiger partial charge in [0.25, 0.3) is 0 Å². The highest BCUT2D eigenvalue weighted by molar-refractivity contribution is 6.35. The molecule has 0 unspecified atom stereocenters. The molecule has 0 aliphatic carbocycles. The smallest absolute Gasteiger partial charge is 0.234 e. The molecule has 134 valence electrons. The van der Waals surface area contributed by atoms with Crippen LogP contribution in [0.3, 0.4) is 0 Å². The normalized spacial score (nSPS) is 10.8. The van der Waals surface area contributed by atoms with Crippen molar-refractivity contribution in [2.45, 2.75) is 20.0 Å². The number of ether oxygens (including phenoxy) is 1. The molecule has 0 aliphatic rings. The molecule has 0 saturated heterocycles. The van der Waals surface area contributed by atoms with Gasteiger partial charge in [0.15, 0.2) is 0 Å². The number of rotatable bonds is 8. The van der Waals surface area contributed by atoms with Crippen LogP contribution in [0.4, 0.5) is 0 Å².